The van der Waals surface area contributed by atoms with Gasteiger partial charge in [0.15, 0.2) is 0 Å². The van der Waals surface area contributed by atoms with Crippen molar-refractivity contribution in [1.29, 1.82) is 0 Å². The number of amides is 1. The van der Waals surface area contributed by atoms with E-state index in [1.807, 2.05) is 0 Å². The largest absolute Gasteiger partial charge is 0.379 e. The number of alkyl halides is 3. The predicted octanol–water partition coefficient (Wildman–Crippen LogP) is 5.31. The topological polar surface area (TPSA) is 106 Å². The quantitative estimate of drug-likeness (QED) is 0.218. The van der Waals surface area contributed by atoms with Crippen LogP contribution in [0.15, 0.2) is 71.8 Å². The van der Waals surface area contributed by atoms with E-state index in [0.29, 0.717) is 30.4 Å². The molecule has 1 unspecified atom stereocenters. The van der Waals surface area contributed by atoms with E-state index in [1.165, 1.54) is 22.6 Å². The van der Waals surface area contributed by atoms with Crippen LogP contribution in [0.1, 0.15) is 48.2 Å². The van der Waals surface area contributed by atoms with Crippen molar-refractivity contribution in [3.63, 3.8) is 0 Å². The summed E-state index contributed by atoms with van der Waals surface area (Å²) in [6, 6.07) is 12.1. The molecule has 0 spiro atoms. The zero-order valence-corrected chi connectivity index (χ0v) is 25.4. The van der Waals surface area contributed by atoms with Crippen molar-refractivity contribution >= 4 is 15.9 Å². The van der Waals surface area contributed by atoms with Crippen molar-refractivity contribution in [2.45, 2.75) is 43.4 Å². The number of rotatable bonds is 11. The number of hydrogen-bond donors (Lipinski definition) is 1. The summed E-state index contributed by atoms with van der Waals surface area (Å²) in [5, 5.41) is 6.41. The van der Waals surface area contributed by atoms with Gasteiger partial charge >= 0.3 is 0 Å². The Morgan fingerprint density at radius 1 is 1.00 bits per heavy atom. The van der Waals surface area contributed by atoms with Gasteiger partial charge in [-0.2, -0.15) is 9.40 Å². The number of carbonyl (C=O) groups excluding carboxylic acids is 1. The molecule has 2 atom stereocenters. The number of nitrogens with one attached hydrogen (secondary N) is 1. The predicted molar refractivity (Wildman–Crippen MR) is 157 cm³/mol. The lowest BCUT2D eigenvalue weighted by molar-refractivity contribution is -0.122. The maximum Gasteiger partial charge on any atom is 0.282 e. The number of sulfonamides is 1. The van der Waals surface area contributed by atoms with Gasteiger partial charge in [0, 0.05) is 30.9 Å². The van der Waals surface area contributed by atoms with Crippen molar-refractivity contribution in [2.75, 3.05) is 26.3 Å². The molecular weight excluding hydrogens is 633 g/mol. The first-order valence-corrected chi connectivity index (χ1v) is 15.7. The SMILES string of the molecule is CC(F)c1cc(C(F)F)nn1CC(=O)N[C@@H](Cc1cc(F)cc(F)c1)c1ncccc1-c1ccc(S(=O)(=O)N2CCOCC2)cc1. The number of hydrogen-bond acceptors (Lipinski definition) is 6. The van der Waals surface area contributed by atoms with E-state index >= 15 is 0 Å². The Kier molecular flexibility index (Phi) is 10.1. The molecule has 1 aliphatic heterocycles. The Bertz CT molecular complexity index is 1780. The third kappa shape index (κ3) is 7.59. The first kappa shape index (κ1) is 33.2. The molecule has 0 bridgehead atoms. The van der Waals surface area contributed by atoms with E-state index in [-0.39, 0.29) is 41.4 Å². The number of benzene rings is 2. The highest BCUT2D eigenvalue weighted by atomic mass is 32.2. The van der Waals surface area contributed by atoms with Crippen LogP contribution in [0, 0.1) is 11.6 Å². The molecule has 1 amide bonds. The molecule has 2 aromatic carbocycles. The zero-order valence-electron chi connectivity index (χ0n) is 24.5. The van der Waals surface area contributed by atoms with E-state index in [1.54, 1.807) is 24.3 Å². The fourth-order valence-corrected chi connectivity index (χ4v) is 6.65. The molecule has 1 N–H and O–H groups in total. The standard InChI is InChI=1S/C31H30F5N5O4S/c1-19(32)28-17-27(31(35)36)39-41(28)18-29(42)38-26(15-20-13-22(33)16-23(34)14-20)30-25(3-2-8-37-30)21-4-6-24(7-5-21)46(43,44)40-9-11-45-12-10-40/h2-8,13-14,16-17,19,26,31H,9-12,15,18H2,1H3,(H,38,42)/t19?,26-/m0/s1. The molecule has 0 aliphatic carbocycles. The Balaban J connectivity index is 1.47. The second-order valence-electron chi connectivity index (χ2n) is 10.6. The number of halogens is 5. The minimum atomic E-state index is -3.77. The lowest BCUT2D eigenvalue weighted by atomic mass is 9.95. The fourth-order valence-electron chi connectivity index (χ4n) is 5.24. The van der Waals surface area contributed by atoms with Gasteiger partial charge < -0.3 is 10.1 Å². The summed E-state index contributed by atoms with van der Waals surface area (Å²) < 4.78 is 103. The minimum Gasteiger partial charge on any atom is -0.379 e. The van der Waals surface area contributed by atoms with Crippen LogP contribution in [0.4, 0.5) is 22.0 Å². The number of pyridine rings is 1. The maximum absolute atomic E-state index is 14.2. The van der Waals surface area contributed by atoms with Crippen LogP contribution in [-0.4, -0.2) is 59.7 Å². The molecule has 1 fully saturated rings. The molecule has 1 aliphatic rings. The summed E-state index contributed by atoms with van der Waals surface area (Å²) in [6.45, 7) is 1.54. The van der Waals surface area contributed by atoms with Gasteiger partial charge in [-0.1, -0.05) is 18.2 Å². The minimum absolute atomic E-state index is 0.0731. The summed E-state index contributed by atoms with van der Waals surface area (Å²) in [5.41, 5.74) is 0.568. The monoisotopic (exact) mass is 663 g/mol. The van der Waals surface area contributed by atoms with Crippen molar-refractivity contribution in [1.82, 2.24) is 24.4 Å². The third-order valence-corrected chi connectivity index (χ3v) is 9.31. The average Bonchev–Trinajstić information content (AvgIpc) is 3.45. The fraction of sp³-hybridized carbons (Fsp3) is 0.323. The molecule has 2 aromatic heterocycles. The number of nitrogens with zero attached hydrogens (tertiary/aromatic N) is 4. The lowest BCUT2D eigenvalue weighted by Crippen LogP contribution is -2.40. The normalized spacial score (nSPS) is 15.5. The molecule has 1 saturated heterocycles. The zero-order chi connectivity index (χ0) is 33.0. The van der Waals surface area contributed by atoms with Gasteiger partial charge in [-0.05, 0) is 60.9 Å². The van der Waals surface area contributed by atoms with E-state index in [9.17, 15) is 35.2 Å². The number of ether oxygens (including phenoxy) is 1. The second kappa shape index (κ2) is 14.1. The van der Waals surface area contributed by atoms with Crippen LogP contribution in [0.5, 0.6) is 0 Å². The van der Waals surface area contributed by atoms with Crippen molar-refractivity contribution < 1.29 is 39.9 Å². The van der Waals surface area contributed by atoms with Crippen molar-refractivity contribution in [3.05, 3.63) is 101 Å². The summed E-state index contributed by atoms with van der Waals surface area (Å²) in [6.07, 6.45) is -3.37. The average molecular weight is 664 g/mol. The van der Waals surface area contributed by atoms with Gasteiger partial charge in [0.1, 0.15) is 30.0 Å². The molecule has 15 heteroatoms. The first-order chi connectivity index (χ1) is 21.9. The highest BCUT2D eigenvalue weighted by Gasteiger charge is 2.27. The number of morpholine rings is 1. The van der Waals surface area contributed by atoms with Gasteiger partial charge in [-0.3, -0.25) is 14.5 Å². The van der Waals surface area contributed by atoms with Gasteiger partial charge in [0.25, 0.3) is 6.43 Å². The van der Waals surface area contributed by atoms with Gasteiger partial charge in [0.2, 0.25) is 15.9 Å². The van der Waals surface area contributed by atoms with Crippen LogP contribution < -0.4 is 5.32 Å². The molecule has 244 valence electrons. The van der Waals surface area contributed by atoms with E-state index < -0.39 is 58.4 Å². The first-order valence-electron chi connectivity index (χ1n) is 14.3. The molecule has 9 nitrogen and oxygen atoms in total. The van der Waals surface area contributed by atoms with Crippen LogP contribution >= 0.6 is 0 Å². The van der Waals surface area contributed by atoms with E-state index in [4.69, 9.17) is 4.74 Å². The molecule has 3 heterocycles. The Labute approximate surface area is 262 Å². The molecule has 46 heavy (non-hydrogen) atoms. The summed E-state index contributed by atoms with van der Waals surface area (Å²) in [4.78, 5) is 17.8. The van der Waals surface area contributed by atoms with Crippen LogP contribution in [-0.2, 0) is 32.5 Å². The van der Waals surface area contributed by atoms with Gasteiger partial charge in [0.05, 0.1) is 35.5 Å². The van der Waals surface area contributed by atoms with Crippen LogP contribution in [0.2, 0.25) is 0 Å². The molecule has 5 rings (SSSR count). The Morgan fingerprint density at radius 3 is 2.30 bits per heavy atom. The highest BCUT2D eigenvalue weighted by Crippen LogP contribution is 2.31. The molecule has 4 aromatic rings. The Morgan fingerprint density at radius 2 is 1.67 bits per heavy atom. The number of carbonyl (C=O) groups is 1. The van der Waals surface area contributed by atoms with E-state index in [0.717, 1.165) is 29.8 Å². The summed E-state index contributed by atoms with van der Waals surface area (Å²) in [7, 11) is -3.77. The molecule has 0 radical (unpaired) electrons. The van der Waals surface area contributed by atoms with Crippen molar-refractivity contribution in [2.24, 2.45) is 0 Å². The smallest absolute Gasteiger partial charge is 0.282 e. The molecular formula is C31H30F5N5O4S. The van der Waals surface area contributed by atoms with Crippen molar-refractivity contribution in [3.8, 4) is 11.1 Å². The summed E-state index contributed by atoms with van der Waals surface area (Å²) in [5.74, 6) is -2.43. The Hall–Kier alpha value is -4.21. The second-order valence-corrected chi connectivity index (χ2v) is 12.6. The highest BCUT2D eigenvalue weighted by molar-refractivity contribution is 7.89. The maximum atomic E-state index is 14.2. The van der Waals surface area contributed by atoms with Gasteiger partial charge in [-0.15, -0.1) is 0 Å². The van der Waals surface area contributed by atoms with Crippen LogP contribution in [0.25, 0.3) is 11.1 Å². The number of aromatic nitrogens is 3. The molecule has 0 saturated carbocycles. The summed E-state index contributed by atoms with van der Waals surface area (Å²) >= 11 is 0. The van der Waals surface area contributed by atoms with E-state index in [2.05, 4.69) is 15.4 Å². The third-order valence-electron chi connectivity index (χ3n) is 7.39. The van der Waals surface area contributed by atoms with Gasteiger partial charge in [-0.25, -0.2) is 30.4 Å². The van der Waals surface area contributed by atoms with Crippen LogP contribution in [0.3, 0.4) is 0 Å². The lowest BCUT2D eigenvalue weighted by Gasteiger charge is -2.26.